The SMILES string of the molecule is CC(C)NCC(O)COc1ccc(COCCOC(C)C)cc1.NS(=O)(=O)c1cc2c(cc1Cl)NC(C(Cl)Cl)NS2(=O)=O. The minimum absolute atomic E-state index is 0.0810. The predicted octanol–water partition coefficient (Wildman–Crippen LogP) is 3.19. The van der Waals surface area contributed by atoms with Gasteiger partial charge in [0.25, 0.3) is 0 Å². The highest BCUT2D eigenvalue weighted by Crippen LogP contribution is 2.34. The van der Waals surface area contributed by atoms with E-state index < -0.39 is 42.0 Å². The molecular formula is C26H39Cl3N4O8S2. The number of nitrogens with two attached hydrogens (primary N) is 1. The van der Waals surface area contributed by atoms with Gasteiger partial charge in [0.05, 0.1) is 36.6 Å². The number of benzene rings is 2. The van der Waals surface area contributed by atoms with Crippen molar-refractivity contribution in [2.24, 2.45) is 5.14 Å². The molecule has 0 fully saturated rings. The van der Waals surface area contributed by atoms with Crippen LogP contribution in [0.2, 0.25) is 5.02 Å². The number of anilines is 1. The first kappa shape index (κ1) is 37.8. The Morgan fingerprint density at radius 3 is 2.30 bits per heavy atom. The molecule has 0 aliphatic carbocycles. The number of fused-ring (bicyclic) bond motifs is 1. The van der Waals surface area contributed by atoms with E-state index in [1.165, 1.54) is 0 Å². The number of sulfonamides is 2. The average molecular weight is 706 g/mol. The number of primary sulfonamides is 1. The third-order valence-corrected chi connectivity index (χ3v) is 8.91. The first-order valence-electron chi connectivity index (χ1n) is 13.3. The average Bonchev–Trinajstić information content (AvgIpc) is 2.89. The van der Waals surface area contributed by atoms with Crippen LogP contribution in [0.25, 0.3) is 0 Å². The van der Waals surface area contributed by atoms with Crippen LogP contribution < -0.4 is 25.2 Å². The Balaban J connectivity index is 0.000000303. The molecule has 43 heavy (non-hydrogen) atoms. The van der Waals surface area contributed by atoms with Crippen LogP contribution in [0.4, 0.5) is 5.69 Å². The van der Waals surface area contributed by atoms with E-state index in [-0.39, 0.29) is 28.3 Å². The minimum atomic E-state index is -4.15. The van der Waals surface area contributed by atoms with Crippen molar-refractivity contribution in [3.63, 3.8) is 0 Å². The van der Waals surface area contributed by atoms with Crippen molar-refractivity contribution in [3.05, 3.63) is 47.0 Å². The number of halogens is 3. The molecule has 6 N–H and O–H groups in total. The molecule has 1 aliphatic heterocycles. The molecule has 0 spiro atoms. The normalized spacial score (nSPS) is 16.8. The van der Waals surface area contributed by atoms with Gasteiger partial charge in [0.2, 0.25) is 20.0 Å². The first-order chi connectivity index (χ1) is 20.0. The smallest absolute Gasteiger partial charge is 0.244 e. The van der Waals surface area contributed by atoms with Crippen LogP contribution in [0.1, 0.15) is 33.3 Å². The quantitative estimate of drug-likeness (QED) is 0.145. The largest absolute Gasteiger partial charge is 0.491 e. The molecule has 0 amide bonds. The Bertz CT molecular complexity index is 1380. The highest BCUT2D eigenvalue weighted by molar-refractivity contribution is 7.90. The van der Waals surface area contributed by atoms with E-state index in [9.17, 15) is 21.9 Å². The zero-order valence-electron chi connectivity index (χ0n) is 24.2. The van der Waals surface area contributed by atoms with Crippen LogP contribution in [0.15, 0.2) is 46.2 Å². The maximum atomic E-state index is 12.0. The summed E-state index contributed by atoms with van der Waals surface area (Å²) in [6.45, 7) is 10.7. The van der Waals surface area contributed by atoms with Crippen molar-refractivity contribution in [1.29, 1.82) is 0 Å². The molecule has 1 heterocycles. The first-order valence-corrected chi connectivity index (χ1v) is 17.5. The Labute approximate surface area is 268 Å². The van der Waals surface area contributed by atoms with Crippen LogP contribution in [0, 0.1) is 0 Å². The minimum Gasteiger partial charge on any atom is -0.491 e. The standard InChI is InChI=1S/C18H31NO4.C8H8Cl3N3O4S2/c1-14(2)19-11-17(20)13-23-18-7-5-16(6-8-18)12-21-9-10-22-15(3)4;9-3-1-4-6(2-5(3)19(12,15)16)20(17,18)14-8(13-4)7(10)11/h5-8,14-15,17,19-20H,9-13H2,1-4H3;1-2,7-8,13-14H,(H2,12,15,16). The molecule has 0 saturated carbocycles. The summed E-state index contributed by atoms with van der Waals surface area (Å²) >= 11 is 17.0. The zero-order valence-corrected chi connectivity index (χ0v) is 28.1. The molecular weight excluding hydrogens is 667 g/mol. The fourth-order valence-electron chi connectivity index (χ4n) is 3.47. The van der Waals surface area contributed by atoms with Gasteiger partial charge in [0.1, 0.15) is 39.3 Å². The summed E-state index contributed by atoms with van der Waals surface area (Å²) in [5.41, 5.74) is 1.17. The number of aliphatic hydroxyl groups is 1. The zero-order chi connectivity index (χ0) is 32.4. The topological polar surface area (TPSA) is 178 Å². The molecule has 1 aliphatic rings. The van der Waals surface area contributed by atoms with Crippen molar-refractivity contribution in [2.75, 3.05) is 31.7 Å². The fourth-order valence-corrected chi connectivity index (χ4v) is 6.38. The van der Waals surface area contributed by atoms with Crippen molar-refractivity contribution in [1.82, 2.24) is 10.0 Å². The molecule has 2 unspecified atom stereocenters. The van der Waals surface area contributed by atoms with E-state index in [1.54, 1.807) is 0 Å². The maximum absolute atomic E-state index is 12.0. The van der Waals surface area contributed by atoms with Gasteiger partial charge >= 0.3 is 0 Å². The Morgan fingerprint density at radius 1 is 1.09 bits per heavy atom. The number of ether oxygens (including phenoxy) is 3. The van der Waals surface area contributed by atoms with E-state index in [4.69, 9.17) is 54.2 Å². The molecule has 3 rings (SSSR count). The van der Waals surface area contributed by atoms with E-state index >= 15 is 0 Å². The van der Waals surface area contributed by atoms with Crippen molar-refractivity contribution in [3.8, 4) is 5.75 Å². The van der Waals surface area contributed by atoms with Gasteiger partial charge in [-0.1, -0.05) is 37.6 Å². The van der Waals surface area contributed by atoms with Crippen molar-refractivity contribution >= 4 is 60.5 Å². The van der Waals surface area contributed by atoms with E-state index in [0.717, 1.165) is 23.4 Å². The third-order valence-electron chi connectivity index (χ3n) is 5.55. The van der Waals surface area contributed by atoms with Gasteiger partial charge in [-0.25, -0.2) is 22.0 Å². The predicted molar refractivity (Wildman–Crippen MR) is 168 cm³/mol. The number of hydrogen-bond donors (Lipinski definition) is 5. The summed E-state index contributed by atoms with van der Waals surface area (Å²) in [7, 11) is -8.15. The fraction of sp³-hybridized carbons (Fsp3) is 0.538. The lowest BCUT2D eigenvalue weighted by Gasteiger charge is -2.29. The monoisotopic (exact) mass is 704 g/mol. The summed E-state index contributed by atoms with van der Waals surface area (Å²) in [5, 5.41) is 20.4. The van der Waals surface area contributed by atoms with Gasteiger partial charge < -0.3 is 30.0 Å². The Hall–Kier alpha value is -1.43. The van der Waals surface area contributed by atoms with E-state index in [2.05, 4.69) is 15.4 Å². The van der Waals surface area contributed by atoms with Crippen LogP contribution in [-0.2, 0) is 36.1 Å². The molecule has 0 radical (unpaired) electrons. The van der Waals surface area contributed by atoms with Crippen molar-refractivity contribution < 1.29 is 36.2 Å². The van der Waals surface area contributed by atoms with Crippen molar-refractivity contribution in [2.45, 2.75) is 73.3 Å². The van der Waals surface area contributed by atoms with Gasteiger partial charge in [0, 0.05) is 12.6 Å². The number of aliphatic hydroxyl groups excluding tert-OH is 1. The second-order valence-corrected chi connectivity index (χ2v) is 14.8. The van der Waals surface area contributed by atoms with Gasteiger partial charge in [0.15, 0.2) is 0 Å². The molecule has 17 heteroatoms. The Kier molecular flexibility index (Phi) is 15.2. The van der Waals surface area contributed by atoms with E-state index in [0.29, 0.717) is 32.4 Å². The lowest BCUT2D eigenvalue weighted by atomic mass is 10.2. The summed E-state index contributed by atoms with van der Waals surface area (Å²) in [4.78, 5) is -1.86. The molecule has 0 saturated heterocycles. The number of nitrogens with one attached hydrogen (secondary N) is 3. The highest BCUT2D eigenvalue weighted by atomic mass is 35.5. The lowest BCUT2D eigenvalue weighted by molar-refractivity contribution is 0.0143. The molecule has 2 atom stereocenters. The number of alkyl halides is 2. The van der Waals surface area contributed by atoms with Gasteiger partial charge in [-0.3, -0.25) is 0 Å². The third kappa shape index (κ3) is 13.2. The van der Waals surface area contributed by atoms with Gasteiger partial charge in [-0.15, -0.1) is 23.2 Å². The molecule has 0 aromatic heterocycles. The summed E-state index contributed by atoms with van der Waals surface area (Å²) in [6.07, 6.45) is -1.24. The summed E-state index contributed by atoms with van der Waals surface area (Å²) in [6, 6.07) is 10.1. The van der Waals surface area contributed by atoms with Crippen LogP contribution in [-0.4, -0.2) is 77.6 Å². The number of hydrogen-bond acceptors (Lipinski definition) is 10. The lowest BCUT2D eigenvalue weighted by Crippen LogP contribution is -2.48. The molecule has 2 aromatic rings. The number of rotatable bonds is 14. The molecule has 0 bridgehead atoms. The van der Waals surface area contributed by atoms with E-state index in [1.807, 2.05) is 52.0 Å². The second kappa shape index (κ2) is 17.3. The van der Waals surface area contributed by atoms with Gasteiger partial charge in [-0.2, -0.15) is 4.72 Å². The summed E-state index contributed by atoms with van der Waals surface area (Å²) < 4.78 is 65.4. The molecule has 244 valence electrons. The Morgan fingerprint density at radius 2 is 1.74 bits per heavy atom. The summed E-state index contributed by atoms with van der Waals surface area (Å²) in [5.74, 6) is 0.750. The molecule has 12 nitrogen and oxygen atoms in total. The highest BCUT2D eigenvalue weighted by Gasteiger charge is 2.34. The van der Waals surface area contributed by atoms with Crippen LogP contribution in [0.5, 0.6) is 5.75 Å². The maximum Gasteiger partial charge on any atom is 0.244 e. The van der Waals surface area contributed by atoms with Crippen LogP contribution >= 0.6 is 34.8 Å². The molecule has 2 aromatic carbocycles. The second-order valence-electron chi connectivity index (χ2n) is 10.0. The van der Waals surface area contributed by atoms with Crippen LogP contribution in [0.3, 0.4) is 0 Å². The van der Waals surface area contributed by atoms with Gasteiger partial charge in [-0.05, 0) is 43.7 Å².